The zero-order valence-corrected chi connectivity index (χ0v) is 7.36. The third-order valence-corrected chi connectivity index (χ3v) is 1.76. The first kappa shape index (κ1) is 10.2. The van der Waals surface area contributed by atoms with Crippen LogP contribution in [0, 0.1) is 0 Å². The lowest BCUT2D eigenvalue weighted by Crippen LogP contribution is -2.13. The number of benzene rings is 1. The SMILES string of the molecule is NCc1cc(C(N)=O)cc(C(=O)O)c1. The van der Waals surface area contributed by atoms with E-state index in [0.29, 0.717) is 5.56 Å². The van der Waals surface area contributed by atoms with Crippen molar-refractivity contribution >= 4 is 11.9 Å². The van der Waals surface area contributed by atoms with Crippen molar-refractivity contribution in [3.63, 3.8) is 0 Å². The second-order valence-corrected chi connectivity index (χ2v) is 2.79. The van der Waals surface area contributed by atoms with Crippen LogP contribution in [0.2, 0.25) is 0 Å². The van der Waals surface area contributed by atoms with Gasteiger partial charge >= 0.3 is 5.97 Å². The second kappa shape index (κ2) is 3.89. The van der Waals surface area contributed by atoms with Crippen molar-refractivity contribution < 1.29 is 14.7 Å². The number of aromatic carboxylic acids is 1. The minimum absolute atomic E-state index is 0.0155. The van der Waals surface area contributed by atoms with Crippen LogP contribution in [0.3, 0.4) is 0 Å². The van der Waals surface area contributed by atoms with Crippen molar-refractivity contribution in [2.45, 2.75) is 6.54 Å². The van der Waals surface area contributed by atoms with E-state index in [1.807, 2.05) is 0 Å². The van der Waals surface area contributed by atoms with Gasteiger partial charge in [-0.05, 0) is 23.8 Å². The van der Waals surface area contributed by atoms with Crippen LogP contribution in [0.1, 0.15) is 26.3 Å². The maximum absolute atomic E-state index is 10.8. The van der Waals surface area contributed by atoms with E-state index in [0.717, 1.165) is 0 Å². The molecule has 0 saturated heterocycles. The molecular formula is C9H10N2O3. The Kier molecular flexibility index (Phi) is 2.83. The summed E-state index contributed by atoms with van der Waals surface area (Å²) in [4.78, 5) is 21.5. The lowest BCUT2D eigenvalue weighted by Gasteiger charge is -2.02. The van der Waals surface area contributed by atoms with E-state index in [1.54, 1.807) is 0 Å². The van der Waals surface area contributed by atoms with Gasteiger partial charge in [-0.25, -0.2) is 4.79 Å². The van der Waals surface area contributed by atoms with Gasteiger partial charge < -0.3 is 16.6 Å². The van der Waals surface area contributed by atoms with Crippen molar-refractivity contribution in [2.24, 2.45) is 11.5 Å². The van der Waals surface area contributed by atoms with E-state index in [1.165, 1.54) is 18.2 Å². The molecule has 0 saturated carbocycles. The van der Waals surface area contributed by atoms with Crippen molar-refractivity contribution in [3.8, 4) is 0 Å². The molecule has 0 aliphatic rings. The summed E-state index contributed by atoms with van der Waals surface area (Å²) >= 11 is 0. The molecule has 5 N–H and O–H groups in total. The highest BCUT2D eigenvalue weighted by molar-refractivity contribution is 5.96. The van der Waals surface area contributed by atoms with Crippen LogP contribution >= 0.6 is 0 Å². The van der Waals surface area contributed by atoms with Gasteiger partial charge in [0.05, 0.1) is 5.56 Å². The minimum Gasteiger partial charge on any atom is -0.478 e. The number of carbonyl (C=O) groups excluding carboxylic acids is 1. The molecule has 0 atom stereocenters. The van der Waals surface area contributed by atoms with Crippen molar-refractivity contribution in [1.82, 2.24) is 0 Å². The highest BCUT2D eigenvalue weighted by Crippen LogP contribution is 2.09. The Balaban J connectivity index is 3.27. The predicted molar refractivity (Wildman–Crippen MR) is 49.8 cm³/mol. The van der Waals surface area contributed by atoms with Crippen molar-refractivity contribution in [2.75, 3.05) is 0 Å². The highest BCUT2D eigenvalue weighted by Gasteiger charge is 2.09. The molecule has 0 fully saturated rings. The van der Waals surface area contributed by atoms with E-state index < -0.39 is 11.9 Å². The normalized spacial score (nSPS) is 9.79. The molecule has 5 nitrogen and oxygen atoms in total. The Morgan fingerprint density at radius 1 is 1.21 bits per heavy atom. The Labute approximate surface area is 80.3 Å². The van der Waals surface area contributed by atoms with Gasteiger partial charge in [0.1, 0.15) is 0 Å². The van der Waals surface area contributed by atoms with Gasteiger partial charge in [-0.1, -0.05) is 0 Å². The molecule has 0 aromatic heterocycles. The number of rotatable bonds is 3. The lowest BCUT2D eigenvalue weighted by molar-refractivity contribution is 0.0696. The highest BCUT2D eigenvalue weighted by atomic mass is 16.4. The molecule has 14 heavy (non-hydrogen) atoms. The first-order valence-corrected chi connectivity index (χ1v) is 3.91. The molecule has 1 aromatic carbocycles. The van der Waals surface area contributed by atoms with Gasteiger partial charge in [0.2, 0.25) is 5.91 Å². The average molecular weight is 194 g/mol. The average Bonchev–Trinajstić information content (AvgIpc) is 2.16. The summed E-state index contributed by atoms with van der Waals surface area (Å²) in [6.07, 6.45) is 0. The topological polar surface area (TPSA) is 106 Å². The molecule has 74 valence electrons. The summed E-state index contributed by atoms with van der Waals surface area (Å²) < 4.78 is 0. The maximum atomic E-state index is 10.8. The number of amides is 1. The summed E-state index contributed by atoms with van der Waals surface area (Å²) in [5, 5.41) is 8.72. The van der Waals surface area contributed by atoms with Crippen molar-refractivity contribution in [3.05, 3.63) is 34.9 Å². The molecule has 0 heterocycles. The van der Waals surface area contributed by atoms with E-state index in [2.05, 4.69) is 0 Å². The number of nitrogens with two attached hydrogens (primary N) is 2. The molecular weight excluding hydrogens is 184 g/mol. The van der Waals surface area contributed by atoms with Crippen molar-refractivity contribution in [1.29, 1.82) is 0 Å². The molecule has 1 amide bonds. The van der Waals surface area contributed by atoms with E-state index >= 15 is 0 Å². The summed E-state index contributed by atoms with van der Waals surface area (Å²) in [5.41, 5.74) is 11.1. The molecule has 0 aliphatic heterocycles. The van der Waals surface area contributed by atoms with Gasteiger partial charge in [-0.3, -0.25) is 4.79 Å². The third kappa shape index (κ3) is 2.08. The van der Waals surface area contributed by atoms with Crippen LogP contribution in [0.5, 0.6) is 0 Å². The summed E-state index contributed by atoms with van der Waals surface area (Å²) in [5.74, 6) is -1.77. The fraction of sp³-hybridized carbons (Fsp3) is 0.111. The standard InChI is InChI=1S/C9H10N2O3/c10-4-5-1-6(8(11)12)3-7(2-5)9(13)14/h1-3H,4,10H2,(H2,11,12)(H,13,14). The smallest absolute Gasteiger partial charge is 0.335 e. The van der Waals surface area contributed by atoms with Crippen LogP contribution in [-0.4, -0.2) is 17.0 Å². The van der Waals surface area contributed by atoms with Crippen LogP contribution < -0.4 is 11.5 Å². The number of carboxylic acid groups (broad SMARTS) is 1. The van der Waals surface area contributed by atoms with E-state index in [4.69, 9.17) is 16.6 Å². The molecule has 0 unspecified atom stereocenters. The van der Waals surface area contributed by atoms with Gasteiger partial charge in [0, 0.05) is 12.1 Å². The molecule has 0 bridgehead atoms. The van der Waals surface area contributed by atoms with E-state index in [-0.39, 0.29) is 17.7 Å². The number of carboxylic acids is 1. The van der Waals surface area contributed by atoms with Gasteiger partial charge in [0.15, 0.2) is 0 Å². The summed E-state index contributed by atoms with van der Waals surface area (Å²) in [7, 11) is 0. The Bertz CT molecular complexity index is 355. The molecule has 1 aromatic rings. The number of hydrogen-bond acceptors (Lipinski definition) is 3. The second-order valence-electron chi connectivity index (χ2n) is 2.79. The number of primary amides is 1. The molecule has 1 rings (SSSR count). The number of carbonyl (C=O) groups is 2. The quantitative estimate of drug-likeness (QED) is 0.626. The van der Waals surface area contributed by atoms with Crippen LogP contribution in [0.4, 0.5) is 0 Å². The fourth-order valence-corrected chi connectivity index (χ4v) is 1.08. The van der Waals surface area contributed by atoms with Gasteiger partial charge in [-0.15, -0.1) is 0 Å². The van der Waals surface area contributed by atoms with Crippen LogP contribution in [-0.2, 0) is 6.54 Å². The lowest BCUT2D eigenvalue weighted by atomic mass is 10.1. The molecule has 0 radical (unpaired) electrons. The molecule has 5 heteroatoms. The Morgan fingerprint density at radius 3 is 2.21 bits per heavy atom. The zero-order chi connectivity index (χ0) is 10.7. The fourth-order valence-electron chi connectivity index (χ4n) is 1.08. The van der Waals surface area contributed by atoms with Crippen LogP contribution in [0.25, 0.3) is 0 Å². The van der Waals surface area contributed by atoms with Gasteiger partial charge in [0.25, 0.3) is 0 Å². The summed E-state index contributed by atoms with van der Waals surface area (Å²) in [6, 6.07) is 4.12. The Hall–Kier alpha value is -1.88. The summed E-state index contributed by atoms with van der Waals surface area (Å²) in [6.45, 7) is 0.168. The number of hydrogen-bond donors (Lipinski definition) is 3. The minimum atomic E-state index is -1.11. The van der Waals surface area contributed by atoms with Crippen LogP contribution in [0.15, 0.2) is 18.2 Å². The maximum Gasteiger partial charge on any atom is 0.335 e. The molecule has 0 spiro atoms. The zero-order valence-electron chi connectivity index (χ0n) is 7.36. The third-order valence-electron chi connectivity index (χ3n) is 1.76. The monoisotopic (exact) mass is 194 g/mol. The van der Waals surface area contributed by atoms with E-state index in [9.17, 15) is 9.59 Å². The Morgan fingerprint density at radius 2 is 1.79 bits per heavy atom. The van der Waals surface area contributed by atoms with Gasteiger partial charge in [-0.2, -0.15) is 0 Å². The first-order chi connectivity index (χ1) is 6.54. The largest absolute Gasteiger partial charge is 0.478 e. The predicted octanol–water partition coefficient (Wildman–Crippen LogP) is -0.0576. The molecule has 0 aliphatic carbocycles. The first-order valence-electron chi connectivity index (χ1n) is 3.91.